The van der Waals surface area contributed by atoms with Gasteiger partial charge in [0.05, 0.1) is 12.2 Å². The van der Waals surface area contributed by atoms with E-state index < -0.39 is 6.10 Å². The number of rotatable bonds is 4. The summed E-state index contributed by atoms with van der Waals surface area (Å²) in [6.45, 7) is 0. The number of hydrogen-bond acceptors (Lipinski definition) is 3. The third-order valence-corrected chi connectivity index (χ3v) is 2.04. The molecule has 0 heterocycles. The molecule has 0 aliphatic carbocycles. The first-order valence-corrected chi connectivity index (χ1v) is 4.43. The summed E-state index contributed by atoms with van der Waals surface area (Å²) in [5, 5.41) is 17.7. The van der Waals surface area contributed by atoms with E-state index in [4.69, 9.17) is 10.00 Å². The molecule has 1 N–H and O–H groups in total. The van der Waals surface area contributed by atoms with E-state index >= 15 is 0 Å². The normalized spacial score (nSPS) is 14.4. The number of methoxy groups -OCH3 is 1. The van der Waals surface area contributed by atoms with Gasteiger partial charge in [-0.15, -0.1) is 0 Å². The lowest BCUT2D eigenvalue weighted by atomic mass is 10.0. The highest BCUT2D eigenvalue weighted by Gasteiger charge is 2.14. The molecule has 74 valence electrons. The molecule has 14 heavy (non-hydrogen) atoms. The Labute approximate surface area is 83.6 Å². The van der Waals surface area contributed by atoms with Gasteiger partial charge in [0.2, 0.25) is 0 Å². The summed E-state index contributed by atoms with van der Waals surface area (Å²) in [7, 11) is 1.57. The van der Waals surface area contributed by atoms with E-state index in [2.05, 4.69) is 0 Å². The monoisotopic (exact) mass is 191 g/mol. The fourth-order valence-electron chi connectivity index (χ4n) is 1.29. The summed E-state index contributed by atoms with van der Waals surface area (Å²) in [5.74, 6) is 0. The molecular formula is C11H13NO2. The molecule has 3 nitrogen and oxygen atoms in total. The van der Waals surface area contributed by atoms with Crippen LogP contribution in [0.25, 0.3) is 0 Å². The van der Waals surface area contributed by atoms with Gasteiger partial charge in [-0.25, -0.2) is 0 Å². The highest BCUT2D eigenvalue weighted by atomic mass is 16.5. The van der Waals surface area contributed by atoms with Gasteiger partial charge in [0, 0.05) is 13.5 Å². The summed E-state index contributed by atoms with van der Waals surface area (Å²) in [6, 6.07) is 11.3. The van der Waals surface area contributed by atoms with E-state index in [1.807, 2.05) is 30.3 Å². The zero-order valence-electron chi connectivity index (χ0n) is 8.05. The van der Waals surface area contributed by atoms with Gasteiger partial charge in [-0.3, -0.25) is 0 Å². The van der Waals surface area contributed by atoms with Crippen LogP contribution in [0.2, 0.25) is 0 Å². The molecule has 1 rings (SSSR count). The van der Waals surface area contributed by atoms with Gasteiger partial charge in [-0.05, 0) is 5.56 Å². The largest absolute Gasteiger partial charge is 0.378 e. The molecule has 2 atom stereocenters. The van der Waals surface area contributed by atoms with Gasteiger partial charge in [0.25, 0.3) is 0 Å². The minimum Gasteiger partial charge on any atom is -0.378 e. The van der Waals surface area contributed by atoms with Crippen LogP contribution in [-0.2, 0) is 4.74 Å². The van der Waals surface area contributed by atoms with Crippen LogP contribution in [-0.4, -0.2) is 18.3 Å². The first kappa shape index (κ1) is 10.7. The summed E-state index contributed by atoms with van der Waals surface area (Å²) >= 11 is 0. The smallest absolute Gasteiger partial charge is 0.143 e. The number of hydrogen-bond donors (Lipinski definition) is 1. The summed E-state index contributed by atoms with van der Waals surface area (Å²) in [6.07, 6.45) is -0.886. The molecule has 0 bridgehead atoms. The topological polar surface area (TPSA) is 53.2 Å². The maximum Gasteiger partial charge on any atom is 0.143 e. The van der Waals surface area contributed by atoms with Crippen molar-refractivity contribution in [2.75, 3.05) is 7.11 Å². The number of benzene rings is 1. The molecule has 3 heteroatoms. The Balaban J connectivity index is 2.69. The zero-order chi connectivity index (χ0) is 10.4. The molecule has 0 saturated carbocycles. The Morgan fingerprint density at radius 3 is 2.57 bits per heavy atom. The third-order valence-electron chi connectivity index (χ3n) is 2.04. The average Bonchev–Trinajstić information content (AvgIpc) is 2.26. The van der Waals surface area contributed by atoms with Crippen LogP contribution in [0.4, 0.5) is 0 Å². The fraction of sp³-hybridized carbons (Fsp3) is 0.364. The van der Waals surface area contributed by atoms with Crippen molar-refractivity contribution in [3.05, 3.63) is 35.9 Å². The average molecular weight is 191 g/mol. The summed E-state index contributed by atoms with van der Waals surface area (Å²) in [4.78, 5) is 0. The van der Waals surface area contributed by atoms with Gasteiger partial charge in [0.15, 0.2) is 0 Å². The van der Waals surface area contributed by atoms with Crippen LogP contribution < -0.4 is 0 Å². The van der Waals surface area contributed by atoms with Crippen molar-refractivity contribution in [3.63, 3.8) is 0 Å². The van der Waals surface area contributed by atoms with Crippen LogP contribution in [0.1, 0.15) is 18.1 Å². The lowest BCUT2D eigenvalue weighted by Gasteiger charge is -2.15. The second kappa shape index (κ2) is 5.38. The third kappa shape index (κ3) is 2.84. The van der Waals surface area contributed by atoms with Crippen LogP contribution in [0.15, 0.2) is 30.3 Å². The second-order valence-corrected chi connectivity index (χ2v) is 3.02. The SMILES string of the molecule is CO[C@@H](C[C@H](O)C#N)c1ccccc1. The van der Waals surface area contributed by atoms with Gasteiger partial charge in [-0.1, -0.05) is 30.3 Å². The number of aliphatic hydroxyl groups is 1. The molecule has 0 aliphatic heterocycles. The van der Waals surface area contributed by atoms with E-state index in [-0.39, 0.29) is 6.10 Å². The minimum atomic E-state index is -0.972. The van der Waals surface area contributed by atoms with E-state index in [1.54, 1.807) is 13.2 Å². The van der Waals surface area contributed by atoms with E-state index in [1.165, 1.54) is 0 Å². The number of aliphatic hydroxyl groups excluding tert-OH is 1. The van der Waals surface area contributed by atoms with Gasteiger partial charge in [-0.2, -0.15) is 5.26 Å². The van der Waals surface area contributed by atoms with Crippen LogP contribution >= 0.6 is 0 Å². The van der Waals surface area contributed by atoms with Gasteiger partial charge in [0.1, 0.15) is 6.10 Å². The van der Waals surface area contributed by atoms with Crippen molar-refractivity contribution in [1.29, 1.82) is 5.26 Å². The van der Waals surface area contributed by atoms with Crippen LogP contribution in [0, 0.1) is 11.3 Å². The van der Waals surface area contributed by atoms with Crippen molar-refractivity contribution in [2.45, 2.75) is 18.6 Å². The molecule has 1 aromatic carbocycles. The highest BCUT2D eigenvalue weighted by Crippen LogP contribution is 2.21. The maximum atomic E-state index is 9.18. The minimum absolute atomic E-state index is 0.217. The molecule has 0 aliphatic rings. The van der Waals surface area contributed by atoms with Crippen molar-refractivity contribution >= 4 is 0 Å². The molecule has 1 aromatic rings. The Kier molecular flexibility index (Phi) is 4.11. The number of nitriles is 1. The van der Waals surface area contributed by atoms with E-state index in [0.717, 1.165) is 5.56 Å². The zero-order valence-corrected chi connectivity index (χ0v) is 8.05. The molecule has 0 unspecified atom stereocenters. The molecule has 0 spiro atoms. The molecule has 0 saturated heterocycles. The van der Waals surface area contributed by atoms with Crippen molar-refractivity contribution in [2.24, 2.45) is 0 Å². The first-order chi connectivity index (χ1) is 6.77. The molecular weight excluding hydrogens is 178 g/mol. The van der Waals surface area contributed by atoms with Gasteiger partial charge >= 0.3 is 0 Å². The Hall–Kier alpha value is -1.37. The summed E-state index contributed by atoms with van der Waals surface area (Å²) in [5.41, 5.74) is 0.976. The van der Waals surface area contributed by atoms with Crippen molar-refractivity contribution < 1.29 is 9.84 Å². The number of ether oxygens (including phenoxy) is 1. The quantitative estimate of drug-likeness (QED) is 0.736. The fourth-order valence-corrected chi connectivity index (χ4v) is 1.29. The van der Waals surface area contributed by atoms with Crippen LogP contribution in [0.5, 0.6) is 0 Å². The second-order valence-electron chi connectivity index (χ2n) is 3.02. The molecule has 0 aromatic heterocycles. The Bertz CT molecular complexity index is 305. The Morgan fingerprint density at radius 2 is 2.07 bits per heavy atom. The number of nitrogens with zero attached hydrogens (tertiary/aromatic N) is 1. The van der Waals surface area contributed by atoms with Crippen molar-refractivity contribution in [3.8, 4) is 6.07 Å². The maximum absolute atomic E-state index is 9.18. The standard InChI is InChI=1S/C11H13NO2/c1-14-11(7-10(13)8-12)9-5-3-2-4-6-9/h2-6,10-11,13H,7H2,1H3/t10-,11-/m0/s1. The van der Waals surface area contributed by atoms with Crippen LogP contribution in [0.3, 0.4) is 0 Å². The molecule has 0 amide bonds. The van der Waals surface area contributed by atoms with Crippen molar-refractivity contribution in [1.82, 2.24) is 0 Å². The highest BCUT2D eigenvalue weighted by molar-refractivity contribution is 5.18. The first-order valence-electron chi connectivity index (χ1n) is 4.43. The van der Waals surface area contributed by atoms with Gasteiger partial charge < -0.3 is 9.84 Å². The lowest BCUT2D eigenvalue weighted by molar-refractivity contribution is 0.0616. The predicted octanol–water partition coefficient (Wildman–Crippen LogP) is 1.65. The predicted molar refractivity (Wildman–Crippen MR) is 52.4 cm³/mol. The molecule has 0 fully saturated rings. The van der Waals surface area contributed by atoms with E-state index in [9.17, 15) is 5.11 Å². The van der Waals surface area contributed by atoms with E-state index in [0.29, 0.717) is 6.42 Å². The summed E-state index contributed by atoms with van der Waals surface area (Å²) < 4.78 is 5.20. The molecule has 0 radical (unpaired) electrons. The Morgan fingerprint density at radius 1 is 1.43 bits per heavy atom. The lowest BCUT2D eigenvalue weighted by Crippen LogP contribution is -2.11.